The molecular formula is C10H14F2N2O2S. The molecule has 0 radical (unpaired) electrons. The maximum Gasteiger partial charge on any atom is 0.252 e. The van der Waals surface area contributed by atoms with E-state index in [2.05, 4.69) is 0 Å². The number of hydrogen-bond acceptors (Lipinski definition) is 3. The fourth-order valence-electron chi connectivity index (χ4n) is 1.24. The number of halogens is 2. The lowest BCUT2D eigenvalue weighted by Gasteiger charge is -2.16. The Labute approximate surface area is 99.1 Å². The highest BCUT2D eigenvalue weighted by molar-refractivity contribution is 7.88. The third-order valence-corrected chi connectivity index (χ3v) is 4.00. The highest BCUT2D eigenvalue weighted by Crippen LogP contribution is 2.12. The van der Waals surface area contributed by atoms with E-state index >= 15 is 0 Å². The van der Waals surface area contributed by atoms with Crippen LogP contribution in [0, 0.1) is 0 Å². The van der Waals surface area contributed by atoms with Crippen LogP contribution in [-0.2, 0) is 15.8 Å². The van der Waals surface area contributed by atoms with Crippen LogP contribution >= 0.6 is 0 Å². The van der Waals surface area contributed by atoms with E-state index in [-0.39, 0.29) is 5.75 Å². The molecule has 0 spiro atoms. The van der Waals surface area contributed by atoms with Gasteiger partial charge < -0.3 is 5.73 Å². The normalized spacial score (nSPS) is 12.3. The number of hydrogen-bond donors (Lipinski definition) is 1. The first-order chi connectivity index (χ1) is 7.81. The zero-order chi connectivity index (χ0) is 13.1. The second-order valence-electron chi connectivity index (χ2n) is 3.67. The van der Waals surface area contributed by atoms with Crippen molar-refractivity contribution in [1.82, 2.24) is 4.31 Å². The van der Waals surface area contributed by atoms with E-state index in [0.29, 0.717) is 15.6 Å². The highest BCUT2D eigenvalue weighted by atomic mass is 32.2. The van der Waals surface area contributed by atoms with Gasteiger partial charge in [0.1, 0.15) is 0 Å². The third-order valence-electron chi connectivity index (χ3n) is 2.20. The summed E-state index contributed by atoms with van der Waals surface area (Å²) in [7, 11) is -2.57. The first-order valence-corrected chi connectivity index (χ1v) is 6.49. The fraction of sp³-hybridized carbons (Fsp3) is 0.400. The predicted molar refractivity (Wildman–Crippen MR) is 62.1 cm³/mol. The molecule has 4 nitrogen and oxygen atoms in total. The molecule has 0 heterocycles. The number of anilines is 1. The molecule has 0 amide bonds. The van der Waals surface area contributed by atoms with E-state index in [1.165, 1.54) is 0 Å². The van der Waals surface area contributed by atoms with Crippen LogP contribution in [0.25, 0.3) is 0 Å². The second-order valence-corrected chi connectivity index (χ2v) is 5.75. The molecule has 0 fully saturated rings. The van der Waals surface area contributed by atoms with Gasteiger partial charge in [-0.1, -0.05) is 12.1 Å². The number of nitrogen functional groups attached to an aromatic ring is 1. The van der Waals surface area contributed by atoms with E-state index in [0.717, 1.165) is 7.05 Å². The molecule has 2 N–H and O–H groups in total. The van der Waals surface area contributed by atoms with Crippen molar-refractivity contribution in [3.8, 4) is 0 Å². The van der Waals surface area contributed by atoms with Crippen molar-refractivity contribution in [2.75, 3.05) is 19.3 Å². The van der Waals surface area contributed by atoms with Crippen LogP contribution in [0.2, 0.25) is 0 Å². The summed E-state index contributed by atoms with van der Waals surface area (Å²) in [6.07, 6.45) is -2.68. The van der Waals surface area contributed by atoms with E-state index in [9.17, 15) is 17.2 Å². The minimum Gasteiger partial charge on any atom is -0.399 e. The van der Waals surface area contributed by atoms with Gasteiger partial charge in [0.25, 0.3) is 6.43 Å². The van der Waals surface area contributed by atoms with E-state index in [1.54, 1.807) is 24.3 Å². The Morgan fingerprint density at radius 1 is 1.29 bits per heavy atom. The first kappa shape index (κ1) is 13.9. The average molecular weight is 264 g/mol. The zero-order valence-electron chi connectivity index (χ0n) is 9.31. The Bertz CT molecular complexity index is 460. The Morgan fingerprint density at radius 3 is 2.29 bits per heavy atom. The molecule has 7 heteroatoms. The smallest absolute Gasteiger partial charge is 0.252 e. The SMILES string of the molecule is CN(CC(F)F)S(=O)(=O)Cc1ccc(N)cc1. The minimum absolute atomic E-state index is 0.309. The molecule has 0 saturated heterocycles. The van der Waals surface area contributed by atoms with Gasteiger partial charge in [0.05, 0.1) is 12.3 Å². The summed E-state index contributed by atoms with van der Waals surface area (Å²) in [4.78, 5) is 0. The number of sulfonamides is 1. The number of nitrogens with zero attached hydrogens (tertiary/aromatic N) is 1. The summed E-state index contributed by atoms with van der Waals surface area (Å²) in [5, 5.41) is 0. The molecule has 1 aromatic carbocycles. The molecule has 0 bridgehead atoms. The number of nitrogens with two attached hydrogens (primary N) is 1. The minimum atomic E-state index is -3.71. The average Bonchev–Trinajstić information content (AvgIpc) is 2.20. The lowest BCUT2D eigenvalue weighted by Crippen LogP contribution is -2.32. The fourth-order valence-corrected chi connectivity index (χ4v) is 2.42. The summed E-state index contributed by atoms with van der Waals surface area (Å²) >= 11 is 0. The quantitative estimate of drug-likeness (QED) is 0.815. The summed E-state index contributed by atoms with van der Waals surface area (Å²) in [5.74, 6) is -0.309. The van der Waals surface area contributed by atoms with Gasteiger partial charge in [-0.3, -0.25) is 0 Å². The molecule has 0 unspecified atom stereocenters. The molecule has 0 atom stereocenters. The Balaban J connectivity index is 2.76. The van der Waals surface area contributed by atoms with Crippen molar-refractivity contribution < 1.29 is 17.2 Å². The maximum absolute atomic E-state index is 12.1. The standard InChI is InChI=1S/C10H14F2N2O2S/c1-14(6-10(11)12)17(15,16)7-8-2-4-9(13)5-3-8/h2-5,10H,6-7,13H2,1H3. The number of rotatable bonds is 5. The molecule has 0 saturated carbocycles. The van der Waals surface area contributed by atoms with Crippen LogP contribution in [0.15, 0.2) is 24.3 Å². The van der Waals surface area contributed by atoms with Crippen LogP contribution in [0.3, 0.4) is 0 Å². The zero-order valence-corrected chi connectivity index (χ0v) is 10.1. The molecular weight excluding hydrogens is 250 g/mol. The van der Waals surface area contributed by atoms with Gasteiger partial charge in [0.15, 0.2) is 0 Å². The third kappa shape index (κ3) is 4.27. The molecule has 17 heavy (non-hydrogen) atoms. The van der Waals surface area contributed by atoms with Crippen LogP contribution in [0.1, 0.15) is 5.56 Å². The Morgan fingerprint density at radius 2 is 1.82 bits per heavy atom. The lowest BCUT2D eigenvalue weighted by molar-refractivity contribution is 0.126. The Kier molecular flexibility index (Phi) is 4.41. The monoisotopic (exact) mass is 264 g/mol. The van der Waals surface area contributed by atoms with Gasteiger partial charge >= 0.3 is 0 Å². The van der Waals surface area contributed by atoms with Crippen LogP contribution in [0.4, 0.5) is 14.5 Å². The van der Waals surface area contributed by atoms with E-state index < -0.39 is 23.0 Å². The van der Waals surface area contributed by atoms with Crippen LogP contribution < -0.4 is 5.73 Å². The number of alkyl halides is 2. The number of benzene rings is 1. The van der Waals surface area contributed by atoms with E-state index in [1.807, 2.05) is 0 Å². The van der Waals surface area contributed by atoms with Crippen LogP contribution in [0.5, 0.6) is 0 Å². The maximum atomic E-state index is 12.1. The van der Waals surface area contributed by atoms with Gasteiger partial charge in [-0.2, -0.15) is 4.31 Å². The molecule has 1 rings (SSSR count). The Hall–Kier alpha value is -1.21. The van der Waals surface area contributed by atoms with Crippen molar-refractivity contribution in [2.45, 2.75) is 12.2 Å². The molecule has 0 aliphatic heterocycles. The largest absolute Gasteiger partial charge is 0.399 e. The topological polar surface area (TPSA) is 63.4 Å². The highest BCUT2D eigenvalue weighted by Gasteiger charge is 2.21. The molecule has 0 aliphatic rings. The summed E-state index contributed by atoms with van der Waals surface area (Å²) in [6, 6.07) is 6.25. The van der Waals surface area contributed by atoms with Gasteiger partial charge in [-0.05, 0) is 17.7 Å². The van der Waals surface area contributed by atoms with Crippen molar-refractivity contribution >= 4 is 15.7 Å². The predicted octanol–water partition coefficient (Wildman–Crippen LogP) is 1.30. The molecule has 1 aromatic rings. The molecule has 96 valence electrons. The van der Waals surface area contributed by atoms with E-state index in [4.69, 9.17) is 5.73 Å². The second kappa shape index (κ2) is 5.42. The van der Waals surface area contributed by atoms with Gasteiger partial charge in [0.2, 0.25) is 10.0 Å². The van der Waals surface area contributed by atoms with Crippen molar-refractivity contribution in [3.63, 3.8) is 0 Å². The molecule has 0 aliphatic carbocycles. The summed E-state index contributed by atoms with van der Waals surface area (Å²) in [5.41, 5.74) is 6.49. The van der Waals surface area contributed by atoms with Gasteiger partial charge in [-0.25, -0.2) is 17.2 Å². The van der Waals surface area contributed by atoms with Gasteiger partial charge in [-0.15, -0.1) is 0 Å². The van der Waals surface area contributed by atoms with Crippen molar-refractivity contribution in [3.05, 3.63) is 29.8 Å². The first-order valence-electron chi connectivity index (χ1n) is 4.88. The lowest BCUT2D eigenvalue weighted by atomic mass is 10.2. The van der Waals surface area contributed by atoms with Crippen molar-refractivity contribution in [1.29, 1.82) is 0 Å². The van der Waals surface area contributed by atoms with Gasteiger partial charge in [0, 0.05) is 12.7 Å². The van der Waals surface area contributed by atoms with Crippen LogP contribution in [-0.4, -0.2) is 32.7 Å². The van der Waals surface area contributed by atoms with Crippen molar-refractivity contribution in [2.24, 2.45) is 0 Å². The summed E-state index contributed by atoms with van der Waals surface area (Å²) < 4.78 is 48.2. The summed E-state index contributed by atoms with van der Waals surface area (Å²) in [6.45, 7) is -0.794. The molecule has 0 aromatic heterocycles.